The van der Waals surface area contributed by atoms with Crippen LogP contribution in [0.15, 0.2) is 67.4 Å². The van der Waals surface area contributed by atoms with Crippen LogP contribution in [0.25, 0.3) is 5.69 Å². The highest BCUT2D eigenvalue weighted by molar-refractivity contribution is 5.65. The number of benzene rings is 2. The highest BCUT2D eigenvalue weighted by Crippen LogP contribution is 2.35. The Bertz CT molecular complexity index is 1140. The second-order valence-electron chi connectivity index (χ2n) is 6.56. The quantitative estimate of drug-likeness (QED) is 0.532. The number of rotatable bonds is 5. The zero-order valence-corrected chi connectivity index (χ0v) is 15.7. The molecule has 29 heavy (non-hydrogen) atoms. The van der Waals surface area contributed by atoms with Crippen molar-refractivity contribution in [3.63, 3.8) is 0 Å². The summed E-state index contributed by atoms with van der Waals surface area (Å²) in [4.78, 5) is 13.1. The smallest absolute Gasteiger partial charge is 0.231 e. The summed E-state index contributed by atoms with van der Waals surface area (Å²) in [6.45, 7) is 2.21. The minimum atomic E-state index is 0.249. The lowest BCUT2D eigenvalue weighted by Crippen LogP contribution is -2.03. The van der Waals surface area contributed by atoms with E-state index in [4.69, 9.17) is 9.47 Å². The maximum absolute atomic E-state index is 5.43. The van der Waals surface area contributed by atoms with Crippen molar-refractivity contribution < 1.29 is 9.47 Å². The maximum Gasteiger partial charge on any atom is 0.231 e. The summed E-state index contributed by atoms with van der Waals surface area (Å²) in [6, 6.07) is 13.7. The molecule has 0 unspecified atom stereocenters. The first-order valence-electron chi connectivity index (χ1n) is 9.10. The van der Waals surface area contributed by atoms with Crippen LogP contribution in [-0.4, -0.2) is 26.3 Å². The summed E-state index contributed by atoms with van der Waals surface area (Å²) in [5.41, 5.74) is 3.73. The molecule has 1 aliphatic rings. The van der Waals surface area contributed by atoms with Crippen molar-refractivity contribution in [2.24, 2.45) is 0 Å². The molecule has 8 nitrogen and oxygen atoms in total. The predicted molar refractivity (Wildman–Crippen MR) is 109 cm³/mol. The normalized spacial score (nSPS) is 12.0. The topological polar surface area (TPSA) is 86.1 Å². The number of hydrogen-bond acceptors (Lipinski definition) is 7. The third-order valence-corrected chi connectivity index (χ3v) is 4.53. The van der Waals surface area contributed by atoms with Gasteiger partial charge in [0, 0.05) is 47.3 Å². The number of aryl methyl sites for hydroxylation is 1. The van der Waals surface area contributed by atoms with Gasteiger partial charge in [0.1, 0.15) is 5.82 Å². The first-order valence-corrected chi connectivity index (χ1v) is 9.10. The fourth-order valence-electron chi connectivity index (χ4n) is 3.00. The summed E-state index contributed by atoms with van der Waals surface area (Å²) in [5, 5.41) is 6.56. The molecule has 0 atom stereocenters. The first-order chi connectivity index (χ1) is 14.2. The van der Waals surface area contributed by atoms with Gasteiger partial charge in [0.05, 0.1) is 6.33 Å². The number of fused-ring (bicyclic) bond motifs is 1. The van der Waals surface area contributed by atoms with Gasteiger partial charge >= 0.3 is 0 Å². The van der Waals surface area contributed by atoms with Crippen LogP contribution in [0.1, 0.15) is 5.56 Å². The number of ether oxygens (including phenoxy) is 2. The number of aromatic nitrogens is 4. The molecule has 1 aliphatic heterocycles. The van der Waals surface area contributed by atoms with Gasteiger partial charge in [-0.3, -0.25) is 0 Å². The molecule has 0 radical (unpaired) electrons. The molecule has 2 aromatic heterocycles. The minimum Gasteiger partial charge on any atom is -0.454 e. The molecule has 2 aromatic carbocycles. The molecule has 3 heterocycles. The van der Waals surface area contributed by atoms with E-state index in [-0.39, 0.29) is 6.79 Å². The van der Waals surface area contributed by atoms with E-state index in [0.29, 0.717) is 5.95 Å². The Morgan fingerprint density at radius 1 is 0.966 bits per heavy atom. The number of imidazole rings is 1. The number of anilines is 4. The van der Waals surface area contributed by atoms with Crippen LogP contribution >= 0.6 is 0 Å². The van der Waals surface area contributed by atoms with E-state index >= 15 is 0 Å². The van der Waals surface area contributed by atoms with Crippen LogP contribution in [0.2, 0.25) is 0 Å². The average Bonchev–Trinajstić information content (AvgIpc) is 3.43. The van der Waals surface area contributed by atoms with E-state index in [2.05, 4.69) is 25.6 Å². The van der Waals surface area contributed by atoms with Crippen LogP contribution in [0.5, 0.6) is 11.5 Å². The molecule has 0 spiro atoms. The SMILES string of the molecule is Cc1cnc(Nc2ccc(-n3ccnc3)cc2)nc1Nc1ccc2c(c1)OCO2. The third-order valence-electron chi connectivity index (χ3n) is 4.53. The molecule has 144 valence electrons. The van der Waals surface area contributed by atoms with E-state index in [1.807, 2.05) is 60.2 Å². The molecule has 0 aliphatic carbocycles. The van der Waals surface area contributed by atoms with Crippen LogP contribution in [0.3, 0.4) is 0 Å². The van der Waals surface area contributed by atoms with Crippen molar-refractivity contribution in [3.8, 4) is 17.2 Å². The minimum absolute atomic E-state index is 0.249. The summed E-state index contributed by atoms with van der Waals surface area (Å²) in [6.07, 6.45) is 7.20. The fourth-order valence-corrected chi connectivity index (χ4v) is 3.00. The van der Waals surface area contributed by atoms with Gasteiger partial charge in [-0.15, -0.1) is 0 Å². The second-order valence-corrected chi connectivity index (χ2v) is 6.56. The van der Waals surface area contributed by atoms with E-state index < -0.39 is 0 Å². The molecule has 5 rings (SSSR count). The molecular formula is C21H18N6O2. The Labute approximate surface area is 167 Å². The van der Waals surface area contributed by atoms with Gasteiger partial charge < -0.3 is 24.7 Å². The largest absolute Gasteiger partial charge is 0.454 e. The molecule has 0 bridgehead atoms. The van der Waals surface area contributed by atoms with E-state index in [1.54, 1.807) is 18.7 Å². The van der Waals surface area contributed by atoms with Crippen molar-refractivity contribution >= 4 is 23.1 Å². The van der Waals surface area contributed by atoms with Gasteiger partial charge in [0.15, 0.2) is 11.5 Å². The lowest BCUT2D eigenvalue weighted by Gasteiger charge is -2.12. The Balaban J connectivity index is 1.34. The van der Waals surface area contributed by atoms with Gasteiger partial charge in [0.25, 0.3) is 0 Å². The van der Waals surface area contributed by atoms with Crippen molar-refractivity contribution in [1.29, 1.82) is 0 Å². The molecule has 0 fully saturated rings. The van der Waals surface area contributed by atoms with Gasteiger partial charge in [-0.05, 0) is 43.3 Å². The lowest BCUT2D eigenvalue weighted by atomic mass is 10.2. The van der Waals surface area contributed by atoms with Crippen LogP contribution < -0.4 is 20.1 Å². The monoisotopic (exact) mass is 386 g/mol. The highest BCUT2D eigenvalue weighted by atomic mass is 16.7. The van der Waals surface area contributed by atoms with Gasteiger partial charge in [-0.1, -0.05) is 0 Å². The Hall–Kier alpha value is -4.07. The first kappa shape index (κ1) is 17.1. The maximum atomic E-state index is 5.43. The highest BCUT2D eigenvalue weighted by Gasteiger charge is 2.14. The van der Waals surface area contributed by atoms with Crippen molar-refractivity contribution in [1.82, 2.24) is 19.5 Å². The van der Waals surface area contributed by atoms with Crippen molar-refractivity contribution in [3.05, 3.63) is 72.9 Å². The van der Waals surface area contributed by atoms with Crippen molar-refractivity contribution in [2.75, 3.05) is 17.4 Å². The van der Waals surface area contributed by atoms with Gasteiger partial charge in [0.2, 0.25) is 12.7 Å². The summed E-state index contributed by atoms with van der Waals surface area (Å²) < 4.78 is 12.7. The lowest BCUT2D eigenvalue weighted by molar-refractivity contribution is 0.174. The van der Waals surface area contributed by atoms with E-state index in [9.17, 15) is 0 Å². The predicted octanol–water partition coefficient (Wildman–Crippen LogP) is 4.19. The second kappa shape index (κ2) is 7.16. The molecular weight excluding hydrogens is 368 g/mol. The standard InChI is InChI=1S/C21H18N6O2/c1-14-11-23-21(25-15-2-5-17(6-3-15)27-9-8-22-12-27)26-20(14)24-16-4-7-18-19(10-16)29-13-28-18/h2-12H,13H2,1H3,(H2,23,24,25,26). The zero-order valence-electron chi connectivity index (χ0n) is 15.7. The Morgan fingerprint density at radius 3 is 2.62 bits per heavy atom. The van der Waals surface area contributed by atoms with Gasteiger partial charge in [-0.2, -0.15) is 4.98 Å². The van der Waals surface area contributed by atoms with Crippen LogP contribution in [0.4, 0.5) is 23.1 Å². The fraction of sp³-hybridized carbons (Fsp3) is 0.0952. The zero-order chi connectivity index (χ0) is 19.6. The number of hydrogen-bond donors (Lipinski definition) is 2. The van der Waals surface area contributed by atoms with Crippen LogP contribution in [0, 0.1) is 6.92 Å². The molecule has 0 saturated carbocycles. The number of nitrogens with zero attached hydrogens (tertiary/aromatic N) is 4. The average molecular weight is 386 g/mol. The van der Waals surface area contributed by atoms with Crippen molar-refractivity contribution in [2.45, 2.75) is 6.92 Å². The molecule has 4 aromatic rings. The van der Waals surface area contributed by atoms with E-state index in [0.717, 1.165) is 39.9 Å². The summed E-state index contributed by atoms with van der Waals surface area (Å²) in [5.74, 6) is 2.69. The molecule has 0 saturated heterocycles. The van der Waals surface area contributed by atoms with Gasteiger partial charge in [-0.25, -0.2) is 9.97 Å². The van der Waals surface area contributed by atoms with E-state index in [1.165, 1.54) is 0 Å². The molecule has 8 heteroatoms. The molecule has 2 N–H and O–H groups in total. The Morgan fingerprint density at radius 2 is 1.79 bits per heavy atom. The number of nitrogens with one attached hydrogen (secondary N) is 2. The summed E-state index contributed by atoms with van der Waals surface area (Å²) >= 11 is 0. The summed E-state index contributed by atoms with van der Waals surface area (Å²) in [7, 11) is 0. The third kappa shape index (κ3) is 3.55. The molecule has 0 amide bonds. The van der Waals surface area contributed by atoms with Crippen LogP contribution in [-0.2, 0) is 0 Å². The Kier molecular flexibility index (Phi) is 4.21.